The molecule has 6 nitrogen and oxygen atoms in total. The number of carbonyl (C=O) groups excluding carboxylic acids is 2. The molecule has 0 aliphatic carbocycles. The number of esters is 1. The maximum absolute atomic E-state index is 12.5. The summed E-state index contributed by atoms with van der Waals surface area (Å²) in [7, 11) is 1.34. The molecular weight excluding hydrogens is 400 g/mol. The number of aromatic nitrogens is 1. The number of ether oxygens (including phenoxy) is 2. The van der Waals surface area contributed by atoms with Crippen LogP contribution in [0.25, 0.3) is 10.2 Å². The van der Waals surface area contributed by atoms with Gasteiger partial charge in [-0.1, -0.05) is 37.3 Å². The Morgan fingerprint density at radius 3 is 2.40 bits per heavy atom. The van der Waals surface area contributed by atoms with Gasteiger partial charge in [0, 0.05) is 0 Å². The van der Waals surface area contributed by atoms with Gasteiger partial charge in [0.15, 0.2) is 11.4 Å². The molecular formula is C23H26N2O4S. The second-order valence-corrected chi connectivity index (χ2v) is 8.48. The van der Waals surface area contributed by atoms with Gasteiger partial charge in [-0.25, -0.2) is 0 Å². The van der Waals surface area contributed by atoms with Crippen molar-refractivity contribution in [2.75, 3.05) is 13.7 Å². The van der Waals surface area contributed by atoms with Crippen molar-refractivity contribution < 1.29 is 19.1 Å². The van der Waals surface area contributed by atoms with Crippen molar-refractivity contribution in [1.29, 1.82) is 0 Å². The molecule has 3 aromatic rings. The van der Waals surface area contributed by atoms with Crippen molar-refractivity contribution in [3.05, 3.63) is 57.9 Å². The van der Waals surface area contributed by atoms with Gasteiger partial charge >= 0.3 is 5.97 Å². The van der Waals surface area contributed by atoms with E-state index in [-0.39, 0.29) is 13.2 Å². The molecule has 0 saturated heterocycles. The fourth-order valence-electron chi connectivity index (χ4n) is 2.99. The lowest BCUT2D eigenvalue weighted by atomic mass is 10.0. The zero-order valence-corrected chi connectivity index (χ0v) is 18.7. The highest BCUT2D eigenvalue weighted by molar-refractivity contribution is 7.16. The summed E-state index contributed by atoms with van der Waals surface area (Å²) in [5.74, 6) is 0.235. The number of amides is 1. The minimum atomic E-state index is -0.415. The van der Waals surface area contributed by atoms with Gasteiger partial charge in [0.25, 0.3) is 5.91 Å². The number of rotatable bonds is 6. The molecule has 158 valence electrons. The lowest BCUT2D eigenvalue weighted by Crippen LogP contribution is -2.23. The van der Waals surface area contributed by atoms with Crippen LogP contribution in [0.15, 0.2) is 41.4 Å². The fraction of sp³-hybridized carbons (Fsp3) is 0.348. The van der Waals surface area contributed by atoms with Gasteiger partial charge in [-0.15, -0.1) is 0 Å². The van der Waals surface area contributed by atoms with Gasteiger partial charge < -0.3 is 14.0 Å². The van der Waals surface area contributed by atoms with Crippen LogP contribution in [0, 0.1) is 13.8 Å². The maximum atomic E-state index is 12.5. The molecule has 0 spiro atoms. The number of thiazole rings is 1. The summed E-state index contributed by atoms with van der Waals surface area (Å²) >= 11 is 1.37. The molecule has 0 bridgehead atoms. The monoisotopic (exact) mass is 426 g/mol. The Kier molecular flexibility index (Phi) is 6.72. The number of fused-ring (bicyclic) bond motifs is 1. The van der Waals surface area contributed by atoms with Crippen LogP contribution in [0.5, 0.6) is 5.75 Å². The van der Waals surface area contributed by atoms with E-state index in [1.54, 1.807) is 4.57 Å². The van der Waals surface area contributed by atoms with Crippen LogP contribution in [-0.2, 0) is 20.9 Å². The largest absolute Gasteiger partial charge is 0.484 e. The first-order chi connectivity index (χ1) is 14.3. The molecule has 0 radical (unpaired) electrons. The summed E-state index contributed by atoms with van der Waals surface area (Å²) in [6, 6.07) is 11.7. The quantitative estimate of drug-likeness (QED) is 0.556. The van der Waals surface area contributed by atoms with E-state index in [0.29, 0.717) is 16.5 Å². The molecule has 0 fully saturated rings. The summed E-state index contributed by atoms with van der Waals surface area (Å²) in [4.78, 5) is 29.0. The summed E-state index contributed by atoms with van der Waals surface area (Å²) < 4.78 is 13.1. The Labute approximate surface area is 179 Å². The Balaban J connectivity index is 1.87. The molecule has 1 amide bonds. The Hall–Kier alpha value is -2.93. The van der Waals surface area contributed by atoms with Crippen LogP contribution in [-0.4, -0.2) is 30.2 Å². The number of hydrogen-bond donors (Lipinski definition) is 0. The number of nitrogens with zero attached hydrogens (tertiary/aromatic N) is 2. The molecule has 0 N–H and O–H groups in total. The van der Waals surface area contributed by atoms with Crippen LogP contribution in [0.2, 0.25) is 0 Å². The third-order valence-corrected chi connectivity index (χ3v) is 5.98. The highest BCUT2D eigenvalue weighted by Gasteiger charge is 2.13. The molecule has 7 heteroatoms. The number of methoxy groups -OCH3 is 1. The second-order valence-electron chi connectivity index (χ2n) is 7.47. The van der Waals surface area contributed by atoms with E-state index in [2.05, 4.69) is 18.8 Å². The topological polar surface area (TPSA) is 69.9 Å². The smallest absolute Gasteiger partial charge is 0.325 e. The van der Waals surface area contributed by atoms with E-state index >= 15 is 0 Å². The van der Waals surface area contributed by atoms with Gasteiger partial charge in [-0.2, -0.15) is 4.99 Å². The summed E-state index contributed by atoms with van der Waals surface area (Å²) in [6.45, 7) is 8.09. The van der Waals surface area contributed by atoms with E-state index in [1.807, 2.05) is 50.2 Å². The second kappa shape index (κ2) is 9.26. The standard InChI is InChI=1S/C23H26N2O4S/c1-14(2)17-6-8-18(9-7-17)29-13-21(26)24-23-25(12-22(27)28-5)19-10-15(3)16(4)11-20(19)30-23/h6-11,14H,12-13H2,1-5H3. The van der Waals surface area contributed by atoms with E-state index < -0.39 is 11.9 Å². The minimum absolute atomic E-state index is 0.0113. The summed E-state index contributed by atoms with van der Waals surface area (Å²) in [5, 5.41) is 0. The number of benzene rings is 2. The molecule has 0 atom stereocenters. The Morgan fingerprint density at radius 1 is 1.10 bits per heavy atom. The van der Waals surface area contributed by atoms with Gasteiger partial charge in [-0.05, 0) is 60.7 Å². The number of aryl methyl sites for hydroxylation is 2. The zero-order valence-electron chi connectivity index (χ0n) is 17.9. The molecule has 0 aliphatic heterocycles. The van der Waals surface area contributed by atoms with Crippen molar-refractivity contribution >= 4 is 33.4 Å². The van der Waals surface area contributed by atoms with Crippen LogP contribution >= 0.6 is 11.3 Å². The van der Waals surface area contributed by atoms with E-state index in [1.165, 1.54) is 24.0 Å². The molecule has 0 saturated carbocycles. The first-order valence-corrected chi connectivity index (χ1v) is 10.6. The van der Waals surface area contributed by atoms with Gasteiger partial charge in [0.2, 0.25) is 0 Å². The average Bonchev–Trinajstić information content (AvgIpc) is 3.02. The lowest BCUT2D eigenvalue weighted by Gasteiger charge is -2.07. The zero-order chi connectivity index (χ0) is 21.8. The predicted molar refractivity (Wildman–Crippen MR) is 118 cm³/mol. The molecule has 1 aromatic heterocycles. The van der Waals surface area contributed by atoms with Crippen molar-refractivity contribution in [3.8, 4) is 5.75 Å². The van der Waals surface area contributed by atoms with Crippen LogP contribution in [0.1, 0.15) is 36.5 Å². The first-order valence-electron chi connectivity index (χ1n) is 9.76. The molecule has 0 aliphatic rings. The van der Waals surface area contributed by atoms with Crippen molar-refractivity contribution in [2.24, 2.45) is 4.99 Å². The highest BCUT2D eigenvalue weighted by Crippen LogP contribution is 2.22. The van der Waals surface area contributed by atoms with Crippen molar-refractivity contribution in [1.82, 2.24) is 4.57 Å². The van der Waals surface area contributed by atoms with Crippen LogP contribution in [0.4, 0.5) is 0 Å². The normalized spacial score (nSPS) is 11.9. The van der Waals surface area contributed by atoms with Gasteiger partial charge in [0.1, 0.15) is 12.3 Å². The van der Waals surface area contributed by atoms with Crippen LogP contribution < -0.4 is 9.54 Å². The number of carbonyl (C=O) groups is 2. The third-order valence-electron chi connectivity index (χ3n) is 4.94. The van der Waals surface area contributed by atoms with E-state index in [4.69, 9.17) is 9.47 Å². The van der Waals surface area contributed by atoms with Crippen LogP contribution in [0.3, 0.4) is 0 Å². The minimum Gasteiger partial charge on any atom is -0.484 e. The maximum Gasteiger partial charge on any atom is 0.325 e. The molecule has 0 unspecified atom stereocenters. The van der Waals surface area contributed by atoms with Crippen molar-refractivity contribution in [3.63, 3.8) is 0 Å². The Morgan fingerprint density at radius 2 is 1.77 bits per heavy atom. The predicted octanol–water partition coefficient (Wildman–Crippen LogP) is 4.12. The summed E-state index contributed by atoms with van der Waals surface area (Å²) in [5.41, 5.74) is 4.30. The SMILES string of the molecule is COC(=O)Cn1c(=NC(=O)COc2ccc(C(C)C)cc2)sc2cc(C)c(C)cc21. The molecule has 1 heterocycles. The Bertz CT molecular complexity index is 1140. The molecule has 30 heavy (non-hydrogen) atoms. The fourth-order valence-corrected chi connectivity index (χ4v) is 4.11. The third kappa shape index (κ3) is 4.97. The van der Waals surface area contributed by atoms with Gasteiger partial charge in [0.05, 0.1) is 17.3 Å². The van der Waals surface area contributed by atoms with E-state index in [0.717, 1.165) is 21.3 Å². The first kappa shape index (κ1) is 21.8. The molecule has 2 aromatic carbocycles. The van der Waals surface area contributed by atoms with Gasteiger partial charge in [-0.3, -0.25) is 9.59 Å². The summed E-state index contributed by atoms with van der Waals surface area (Å²) in [6.07, 6.45) is 0. The average molecular weight is 427 g/mol. The van der Waals surface area contributed by atoms with E-state index in [9.17, 15) is 9.59 Å². The highest BCUT2D eigenvalue weighted by atomic mass is 32.1. The number of hydrogen-bond acceptors (Lipinski definition) is 5. The lowest BCUT2D eigenvalue weighted by molar-refractivity contribution is -0.141. The van der Waals surface area contributed by atoms with Crippen molar-refractivity contribution in [2.45, 2.75) is 40.2 Å². The molecule has 3 rings (SSSR count).